The number of hydrogen-bond acceptors (Lipinski definition) is 2. The Labute approximate surface area is 140 Å². The van der Waals surface area contributed by atoms with E-state index in [9.17, 15) is 4.79 Å². The Morgan fingerprint density at radius 2 is 2.00 bits per heavy atom. The molecule has 126 valence electrons. The van der Waals surface area contributed by atoms with E-state index in [0.29, 0.717) is 11.8 Å². The molecule has 1 aromatic carbocycles. The van der Waals surface area contributed by atoms with Crippen LogP contribution in [0.25, 0.3) is 0 Å². The van der Waals surface area contributed by atoms with Gasteiger partial charge in [-0.3, -0.25) is 4.79 Å². The number of rotatable bonds is 2. The monoisotopic (exact) mass is 314 g/mol. The summed E-state index contributed by atoms with van der Waals surface area (Å²) in [6.45, 7) is 9.02. The van der Waals surface area contributed by atoms with Crippen molar-refractivity contribution in [1.82, 2.24) is 0 Å². The van der Waals surface area contributed by atoms with E-state index in [0.717, 1.165) is 25.7 Å². The highest BCUT2D eigenvalue weighted by Crippen LogP contribution is 2.57. The quantitative estimate of drug-likeness (QED) is 0.719. The molecule has 0 aromatic heterocycles. The Hall–Kier alpha value is -1.31. The summed E-state index contributed by atoms with van der Waals surface area (Å²) >= 11 is 0. The Bertz CT molecular complexity index is 618. The molecule has 0 amide bonds. The number of methoxy groups -OCH3 is 1. The molecule has 1 fully saturated rings. The van der Waals surface area contributed by atoms with Gasteiger partial charge in [-0.2, -0.15) is 0 Å². The molecule has 0 unspecified atom stereocenters. The first-order valence-electron chi connectivity index (χ1n) is 9.04. The van der Waals surface area contributed by atoms with Crippen LogP contribution in [0.4, 0.5) is 0 Å². The molecule has 3 rings (SSSR count). The van der Waals surface area contributed by atoms with E-state index in [1.54, 1.807) is 0 Å². The maximum Gasteiger partial charge on any atom is 0.311 e. The summed E-state index contributed by atoms with van der Waals surface area (Å²) in [5, 5.41) is 0. The van der Waals surface area contributed by atoms with Gasteiger partial charge in [0.2, 0.25) is 0 Å². The molecular formula is C21H30O2. The molecule has 0 saturated heterocycles. The van der Waals surface area contributed by atoms with Crippen molar-refractivity contribution >= 4 is 5.97 Å². The summed E-state index contributed by atoms with van der Waals surface area (Å²) < 4.78 is 5.19. The molecule has 2 heteroatoms. The van der Waals surface area contributed by atoms with Crippen LogP contribution < -0.4 is 0 Å². The number of hydrogen-bond donors (Lipinski definition) is 0. The van der Waals surface area contributed by atoms with Gasteiger partial charge < -0.3 is 4.74 Å². The first-order chi connectivity index (χ1) is 10.8. The van der Waals surface area contributed by atoms with Gasteiger partial charge in [0.05, 0.1) is 12.5 Å². The lowest BCUT2D eigenvalue weighted by molar-refractivity contribution is -0.161. The smallest absolute Gasteiger partial charge is 0.311 e. The third kappa shape index (κ3) is 2.42. The summed E-state index contributed by atoms with van der Waals surface area (Å²) in [5.74, 6) is 0.932. The molecule has 0 heterocycles. The van der Waals surface area contributed by atoms with Gasteiger partial charge in [-0.1, -0.05) is 45.4 Å². The second-order valence-corrected chi connectivity index (χ2v) is 8.34. The van der Waals surface area contributed by atoms with Crippen molar-refractivity contribution in [3.8, 4) is 0 Å². The number of carbonyl (C=O) groups excluding carboxylic acids is 1. The molecule has 0 bridgehead atoms. The third-order valence-corrected chi connectivity index (χ3v) is 6.70. The normalized spacial score (nSPS) is 33.0. The summed E-state index contributed by atoms with van der Waals surface area (Å²) in [5.41, 5.74) is 4.18. The first kappa shape index (κ1) is 16.5. The van der Waals surface area contributed by atoms with Crippen LogP contribution in [0.1, 0.15) is 76.0 Å². The van der Waals surface area contributed by atoms with Gasteiger partial charge in [0.15, 0.2) is 0 Å². The van der Waals surface area contributed by atoms with Crippen molar-refractivity contribution in [3.63, 3.8) is 0 Å². The van der Waals surface area contributed by atoms with Crippen LogP contribution in [0.2, 0.25) is 0 Å². The molecular weight excluding hydrogens is 284 g/mol. The zero-order chi connectivity index (χ0) is 16.8. The second-order valence-electron chi connectivity index (χ2n) is 8.34. The summed E-state index contributed by atoms with van der Waals surface area (Å²) in [6.07, 6.45) is 5.42. The zero-order valence-corrected chi connectivity index (χ0v) is 15.2. The van der Waals surface area contributed by atoms with E-state index >= 15 is 0 Å². The highest BCUT2D eigenvalue weighted by atomic mass is 16.5. The maximum atomic E-state index is 12.5. The Morgan fingerprint density at radius 3 is 2.65 bits per heavy atom. The predicted octanol–water partition coefficient (Wildman–Crippen LogP) is 4.99. The molecule has 1 saturated carbocycles. The summed E-state index contributed by atoms with van der Waals surface area (Å²) in [7, 11) is 1.53. The number of esters is 1. The lowest BCUT2D eigenvalue weighted by Crippen LogP contribution is -2.52. The molecule has 23 heavy (non-hydrogen) atoms. The van der Waals surface area contributed by atoms with Gasteiger partial charge in [0.25, 0.3) is 0 Å². The van der Waals surface area contributed by atoms with E-state index < -0.39 is 0 Å². The van der Waals surface area contributed by atoms with Crippen LogP contribution in [0.5, 0.6) is 0 Å². The fourth-order valence-corrected chi connectivity index (χ4v) is 5.35. The summed E-state index contributed by atoms with van der Waals surface area (Å²) in [6, 6.07) is 7.05. The van der Waals surface area contributed by atoms with Crippen LogP contribution >= 0.6 is 0 Å². The van der Waals surface area contributed by atoms with Crippen molar-refractivity contribution in [1.29, 1.82) is 0 Å². The topological polar surface area (TPSA) is 26.3 Å². The molecule has 0 radical (unpaired) electrons. The van der Waals surface area contributed by atoms with Gasteiger partial charge in [-0.25, -0.2) is 0 Å². The maximum absolute atomic E-state index is 12.5. The standard InChI is InChI=1S/C21H30O2/c1-14(2)15-7-9-17-16(13-15)8-10-18-20(17,3)11-6-12-21(18,4)19(22)23-5/h7,9,13-14,18H,6,8,10-12H2,1-5H3/t18-,20+,21+/m1/s1. The molecule has 2 aliphatic rings. The average molecular weight is 314 g/mol. The molecule has 3 atom stereocenters. The van der Waals surface area contributed by atoms with Crippen molar-refractivity contribution in [3.05, 3.63) is 34.9 Å². The highest BCUT2D eigenvalue weighted by molar-refractivity contribution is 5.77. The van der Waals surface area contributed by atoms with Crippen molar-refractivity contribution in [2.45, 2.75) is 71.1 Å². The Morgan fingerprint density at radius 1 is 1.26 bits per heavy atom. The largest absolute Gasteiger partial charge is 0.469 e. The van der Waals surface area contributed by atoms with Crippen molar-refractivity contribution in [2.75, 3.05) is 7.11 Å². The predicted molar refractivity (Wildman–Crippen MR) is 93.7 cm³/mol. The van der Waals surface area contributed by atoms with Gasteiger partial charge in [0.1, 0.15) is 0 Å². The van der Waals surface area contributed by atoms with E-state index in [1.165, 1.54) is 30.2 Å². The van der Waals surface area contributed by atoms with Crippen LogP contribution in [0.3, 0.4) is 0 Å². The van der Waals surface area contributed by atoms with E-state index in [1.807, 2.05) is 0 Å². The second kappa shape index (κ2) is 5.65. The van der Waals surface area contributed by atoms with Gasteiger partial charge in [-0.15, -0.1) is 0 Å². The van der Waals surface area contributed by atoms with Crippen molar-refractivity contribution in [2.24, 2.45) is 11.3 Å². The Kier molecular flexibility index (Phi) is 4.06. The minimum Gasteiger partial charge on any atom is -0.469 e. The number of aryl methyl sites for hydroxylation is 1. The number of carbonyl (C=O) groups is 1. The van der Waals surface area contributed by atoms with Gasteiger partial charge in [-0.05, 0) is 66.5 Å². The van der Waals surface area contributed by atoms with E-state index in [4.69, 9.17) is 4.74 Å². The molecule has 1 aromatic rings. The zero-order valence-electron chi connectivity index (χ0n) is 15.2. The highest BCUT2D eigenvalue weighted by Gasteiger charge is 2.55. The molecule has 2 aliphatic carbocycles. The molecule has 0 N–H and O–H groups in total. The lowest BCUT2D eigenvalue weighted by Gasteiger charge is -2.54. The number of benzene rings is 1. The molecule has 2 nitrogen and oxygen atoms in total. The van der Waals surface area contributed by atoms with Gasteiger partial charge >= 0.3 is 5.97 Å². The van der Waals surface area contributed by atoms with Crippen LogP contribution in [-0.2, 0) is 21.4 Å². The first-order valence-corrected chi connectivity index (χ1v) is 9.04. The number of ether oxygens (including phenoxy) is 1. The van der Waals surface area contributed by atoms with E-state index in [2.05, 4.69) is 45.9 Å². The fraction of sp³-hybridized carbons (Fsp3) is 0.667. The SMILES string of the molecule is COC(=O)[C@@]1(C)CCC[C@@]2(C)c3ccc(C(C)C)cc3CC[C@H]21. The van der Waals surface area contributed by atoms with Gasteiger partial charge in [0, 0.05) is 0 Å². The summed E-state index contributed by atoms with van der Waals surface area (Å²) in [4.78, 5) is 12.5. The van der Waals surface area contributed by atoms with E-state index in [-0.39, 0.29) is 16.8 Å². The minimum absolute atomic E-state index is 0.0179. The third-order valence-electron chi connectivity index (χ3n) is 6.70. The van der Waals surface area contributed by atoms with Crippen LogP contribution in [0, 0.1) is 11.3 Å². The Balaban J connectivity index is 2.06. The van der Waals surface area contributed by atoms with Crippen LogP contribution in [-0.4, -0.2) is 13.1 Å². The van der Waals surface area contributed by atoms with Crippen molar-refractivity contribution < 1.29 is 9.53 Å². The number of fused-ring (bicyclic) bond motifs is 3. The molecule has 0 aliphatic heterocycles. The molecule has 0 spiro atoms. The van der Waals surface area contributed by atoms with Crippen LogP contribution in [0.15, 0.2) is 18.2 Å². The fourth-order valence-electron chi connectivity index (χ4n) is 5.35. The minimum atomic E-state index is -0.337. The lowest BCUT2D eigenvalue weighted by atomic mass is 9.49. The average Bonchev–Trinajstić information content (AvgIpc) is 2.53.